The smallest absolute Gasteiger partial charge is 0.191 e. The van der Waals surface area contributed by atoms with E-state index in [1.165, 1.54) is 0 Å². The number of ketones is 3. The molecule has 5 heteroatoms. The van der Waals surface area contributed by atoms with Crippen LogP contribution in [0.2, 0.25) is 0 Å². The van der Waals surface area contributed by atoms with Gasteiger partial charge in [0.2, 0.25) is 0 Å². The molecule has 0 unspecified atom stereocenters. The molecule has 0 bridgehead atoms. The number of hydrogen-bond donors (Lipinski definition) is 2. The second-order valence-electron chi connectivity index (χ2n) is 7.35. The van der Waals surface area contributed by atoms with Gasteiger partial charge in [0.25, 0.3) is 0 Å². The van der Waals surface area contributed by atoms with Crippen LogP contribution in [-0.2, 0) is 14.4 Å². The van der Waals surface area contributed by atoms with E-state index in [4.69, 9.17) is 0 Å². The summed E-state index contributed by atoms with van der Waals surface area (Å²) in [7, 11) is 0. The number of hydrogen-bond acceptors (Lipinski definition) is 5. The van der Waals surface area contributed by atoms with E-state index in [9.17, 15) is 24.6 Å². The summed E-state index contributed by atoms with van der Waals surface area (Å²) in [6.07, 6.45) is 3.30. The highest BCUT2D eigenvalue weighted by Gasteiger charge is 2.58. The first kappa shape index (κ1) is 21.0. The predicted octanol–water partition coefficient (Wildman–Crippen LogP) is 3.24. The average Bonchev–Trinajstić information content (AvgIpc) is 2.69. The van der Waals surface area contributed by atoms with Crippen LogP contribution >= 0.6 is 0 Å². The molecule has 0 saturated heterocycles. The molecule has 0 radical (unpaired) electrons. The summed E-state index contributed by atoms with van der Waals surface area (Å²) in [6, 6.07) is 0. The SMILES string of the molecule is CC(C)=CCC(=O)[C@@]1(O)C(O)=C(C(=O)C(C)C)C(=O)[C@H]1CC=C(C)C. The maximum absolute atomic E-state index is 12.7. The Morgan fingerprint density at radius 1 is 1.12 bits per heavy atom. The molecular weight excluding hydrogens is 320 g/mol. The number of carbonyl (C=O) groups excluding carboxylic acids is 3. The van der Waals surface area contributed by atoms with E-state index in [0.29, 0.717) is 0 Å². The minimum absolute atomic E-state index is 0.0805. The molecular formula is C20H28O5. The summed E-state index contributed by atoms with van der Waals surface area (Å²) in [6.45, 7) is 10.5. The van der Waals surface area contributed by atoms with Gasteiger partial charge in [0.1, 0.15) is 11.3 Å². The fourth-order valence-electron chi connectivity index (χ4n) is 2.77. The molecule has 0 aromatic heterocycles. The fraction of sp³-hybridized carbons (Fsp3) is 0.550. The molecule has 0 amide bonds. The van der Waals surface area contributed by atoms with Gasteiger partial charge in [0.05, 0.1) is 5.92 Å². The molecule has 0 heterocycles. The lowest BCUT2D eigenvalue weighted by molar-refractivity contribution is -0.144. The quantitative estimate of drug-likeness (QED) is 0.544. The van der Waals surface area contributed by atoms with E-state index in [1.54, 1.807) is 39.8 Å². The van der Waals surface area contributed by atoms with Crippen molar-refractivity contribution in [3.05, 3.63) is 34.6 Å². The van der Waals surface area contributed by atoms with Gasteiger partial charge in [-0.25, -0.2) is 0 Å². The molecule has 0 aromatic rings. The number of carbonyl (C=O) groups is 3. The van der Waals surface area contributed by atoms with Crippen molar-refractivity contribution in [3.8, 4) is 0 Å². The molecule has 1 aliphatic carbocycles. The van der Waals surface area contributed by atoms with Crippen molar-refractivity contribution in [1.82, 2.24) is 0 Å². The molecule has 25 heavy (non-hydrogen) atoms. The van der Waals surface area contributed by atoms with Crippen molar-refractivity contribution < 1.29 is 24.6 Å². The van der Waals surface area contributed by atoms with Crippen LogP contribution in [0, 0.1) is 11.8 Å². The standard InChI is InChI=1S/C20H28O5/c1-11(2)7-9-14-18(23)16(17(22)13(5)6)19(24)20(14,25)15(21)10-8-12(3)4/h7-8,13-14,24-25H,9-10H2,1-6H3/t14-,20-/m1/s1. The highest BCUT2D eigenvalue weighted by atomic mass is 16.3. The van der Waals surface area contributed by atoms with Crippen LogP contribution in [0.25, 0.3) is 0 Å². The lowest BCUT2D eigenvalue weighted by Crippen LogP contribution is -2.46. The van der Waals surface area contributed by atoms with Crippen molar-refractivity contribution in [1.29, 1.82) is 0 Å². The van der Waals surface area contributed by atoms with E-state index in [2.05, 4.69) is 0 Å². The lowest BCUT2D eigenvalue weighted by Gasteiger charge is -2.27. The normalized spacial score (nSPS) is 23.0. The van der Waals surface area contributed by atoms with Crippen LogP contribution in [0.5, 0.6) is 0 Å². The Bertz CT molecular complexity index is 670. The Balaban J connectivity index is 3.45. The Kier molecular flexibility index (Phi) is 6.66. The zero-order chi connectivity index (χ0) is 19.5. The second-order valence-corrected chi connectivity index (χ2v) is 7.35. The summed E-state index contributed by atoms with van der Waals surface area (Å²) in [4.78, 5) is 37.7. The van der Waals surface area contributed by atoms with Gasteiger partial charge in [-0.2, -0.15) is 0 Å². The number of aliphatic hydroxyl groups excluding tert-OH is 1. The maximum Gasteiger partial charge on any atom is 0.191 e. The Morgan fingerprint density at radius 2 is 1.64 bits per heavy atom. The minimum atomic E-state index is -2.35. The summed E-state index contributed by atoms with van der Waals surface area (Å²) >= 11 is 0. The monoisotopic (exact) mass is 348 g/mol. The number of rotatable bonds is 7. The maximum atomic E-state index is 12.7. The predicted molar refractivity (Wildman–Crippen MR) is 96.0 cm³/mol. The van der Waals surface area contributed by atoms with Crippen LogP contribution in [0.4, 0.5) is 0 Å². The first-order valence-corrected chi connectivity index (χ1v) is 8.49. The largest absolute Gasteiger partial charge is 0.508 e. The van der Waals surface area contributed by atoms with Gasteiger partial charge in [-0.3, -0.25) is 14.4 Å². The van der Waals surface area contributed by atoms with Crippen molar-refractivity contribution in [2.24, 2.45) is 11.8 Å². The molecule has 0 fully saturated rings. The van der Waals surface area contributed by atoms with Crippen LogP contribution in [0.15, 0.2) is 34.6 Å². The first-order valence-electron chi connectivity index (χ1n) is 8.49. The van der Waals surface area contributed by atoms with Crippen LogP contribution < -0.4 is 0 Å². The fourth-order valence-corrected chi connectivity index (χ4v) is 2.77. The van der Waals surface area contributed by atoms with Gasteiger partial charge in [-0.1, -0.05) is 37.1 Å². The minimum Gasteiger partial charge on any atom is -0.508 e. The van der Waals surface area contributed by atoms with Crippen LogP contribution in [0.3, 0.4) is 0 Å². The summed E-state index contributed by atoms with van der Waals surface area (Å²) < 4.78 is 0. The molecule has 0 spiro atoms. The summed E-state index contributed by atoms with van der Waals surface area (Å²) in [5.41, 5.74) is -0.996. The van der Waals surface area contributed by atoms with Crippen molar-refractivity contribution in [2.75, 3.05) is 0 Å². The molecule has 2 atom stereocenters. The lowest BCUT2D eigenvalue weighted by atomic mass is 9.81. The Hall–Kier alpha value is -2.01. The van der Waals surface area contributed by atoms with Crippen LogP contribution in [0.1, 0.15) is 54.4 Å². The van der Waals surface area contributed by atoms with Crippen molar-refractivity contribution in [3.63, 3.8) is 0 Å². The third kappa shape index (κ3) is 4.15. The Morgan fingerprint density at radius 3 is 2.08 bits per heavy atom. The number of aliphatic hydroxyl groups is 2. The highest BCUT2D eigenvalue weighted by Crippen LogP contribution is 2.41. The molecule has 2 N–H and O–H groups in total. The first-order chi connectivity index (χ1) is 11.4. The van der Waals surface area contributed by atoms with E-state index in [-0.39, 0.29) is 12.8 Å². The molecule has 0 saturated carbocycles. The van der Waals surface area contributed by atoms with Gasteiger partial charge in [0, 0.05) is 12.3 Å². The van der Waals surface area contributed by atoms with Gasteiger partial charge < -0.3 is 10.2 Å². The van der Waals surface area contributed by atoms with Gasteiger partial charge in [0.15, 0.2) is 23.0 Å². The van der Waals surface area contributed by atoms with E-state index in [0.717, 1.165) is 11.1 Å². The van der Waals surface area contributed by atoms with Gasteiger partial charge >= 0.3 is 0 Å². The zero-order valence-electron chi connectivity index (χ0n) is 15.8. The van der Waals surface area contributed by atoms with Crippen molar-refractivity contribution in [2.45, 2.75) is 60.0 Å². The van der Waals surface area contributed by atoms with Crippen molar-refractivity contribution >= 4 is 17.3 Å². The van der Waals surface area contributed by atoms with Gasteiger partial charge in [-0.15, -0.1) is 0 Å². The number of allylic oxidation sites excluding steroid dienone is 5. The summed E-state index contributed by atoms with van der Waals surface area (Å²) in [5.74, 6) is -4.41. The topological polar surface area (TPSA) is 91.7 Å². The van der Waals surface area contributed by atoms with Gasteiger partial charge in [-0.05, 0) is 34.1 Å². The molecule has 0 aromatic carbocycles. The number of Topliss-reactive ketones (excluding diaryl/α,β-unsaturated/α-hetero) is 3. The second kappa shape index (κ2) is 7.91. The van der Waals surface area contributed by atoms with E-state index >= 15 is 0 Å². The molecule has 1 rings (SSSR count). The molecule has 1 aliphatic rings. The molecule has 138 valence electrons. The third-order valence-corrected chi connectivity index (χ3v) is 4.32. The average molecular weight is 348 g/mol. The van der Waals surface area contributed by atoms with Crippen LogP contribution in [-0.4, -0.2) is 33.2 Å². The van der Waals surface area contributed by atoms with E-state index in [1.807, 2.05) is 13.8 Å². The molecule has 5 nitrogen and oxygen atoms in total. The molecule has 0 aliphatic heterocycles. The zero-order valence-corrected chi connectivity index (χ0v) is 15.8. The van der Waals surface area contributed by atoms with E-state index < -0.39 is 46.1 Å². The Labute approximate surface area is 149 Å². The highest BCUT2D eigenvalue weighted by molar-refractivity contribution is 6.26. The summed E-state index contributed by atoms with van der Waals surface area (Å²) in [5, 5.41) is 21.5. The third-order valence-electron chi connectivity index (χ3n) is 4.32.